The first-order valence-corrected chi connectivity index (χ1v) is 11.2. The molecule has 2 aliphatic heterocycles. The van der Waals surface area contributed by atoms with Gasteiger partial charge in [-0.3, -0.25) is 9.69 Å². The molecular formula is C23H27BrN2O4. The summed E-state index contributed by atoms with van der Waals surface area (Å²) in [5.41, 5.74) is 1.92. The molecule has 1 saturated heterocycles. The van der Waals surface area contributed by atoms with Crippen LogP contribution in [0.4, 0.5) is 5.69 Å². The van der Waals surface area contributed by atoms with E-state index in [-0.39, 0.29) is 11.9 Å². The van der Waals surface area contributed by atoms with Gasteiger partial charge in [0.2, 0.25) is 5.91 Å². The predicted molar refractivity (Wildman–Crippen MR) is 120 cm³/mol. The Bertz CT molecular complexity index is 888. The van der Waals surface area contributed by atoms with Gasteiger partial charge in [0.15, 0.2) is 11.5 Å². The smallest absolute Gasteiger partial charge is 0.238 e. The lowest BCUT2D eigenvalue weighted by molar-refractivity contribution is -0.117. The highest BCUT2D eigenvalue weighted by Crippen LogP contribution is 2.38. The highest BCUT2D eigenvalue weighted by atomic mass is 79.9. The van der Waals surface area contributed by atoms with Gasteiger partial charge in [0.25, 0.3) is 0 Å². The van der Waals surface area contributed by atoms with Gasteiger partial charge in [-0.15, -0.1) is 0 Å². The molecule has 0 saturated carbocycles. The Morgan fingerprint density at radius 3 is 2.60 bits per heavy atom. The molecule has 1 N–H and O–H groups in total. The molecule has 0 bridgehead atoms. The zero-order chi connectivity index (χ0) is 20.9. The number of fused-ring (bicyclic) bond motifs is 1. The summed E-state index contributed by atoms with van der Waals surface area (Å²) in [7, 11) is 1.67. The molecule has 6 nitrogen and oxygen atoms in total. The van der Waals surface area contributed by atoms with Crippen molar-refractivity contribution < 1.29 is 19.0 Å². The number of anilines is 1. The Morgan fingerprint density at radius 1 is 1.13 bits per heavy atom. The number of likely N-dealkylation sites (tertiary alicyclic amines) is 1. The number of hydrogen-bond donors (Lipinski definition) is 1. The largest absolute Gasteiger partial charge is 0.497 e. The van der Waals surface area contributed by atoms with Crippen LogP contribution < -0.4 is 19.5 Å². The Balaban J connectivity index is 1.47. The standard InChI is InChI=1S/C23H27BrN2O4/c1-28-17-8-6-16(7-9-17)20-5-3-2-4-10-26(20)15-23(27)25-19-14-22-21(13-18(19)24)29-11-12-30-22/h6-9,13-14,20H,2-5,10-12,15H2,1H3,(H,25,27). The lowest BCUT2D eigenvalue weighted by Gasteiger charge is -2.30. The number of nitrogens with one attached hydrogen (secondary N) is 1. The number of benzene rings is 2. The van der Waals surface area contributed by atoms with Crippen LogP contribution in [0.1, 0.15) is 37.3 Å². The normalized spacial score (nSPS) is 19.1. The van der Waals surface area contributed by atoms with Crippen LogP contribution in [-0.4, -0.2) is 44.2 Å². The number of ether oxygens (including phenoxy) is 3. The summed E-state index contributed by atoms with van der Waals surface area (Å²) >= 11 is 3.53. The van der Waals surface area contributed by atoms with Crippen LogP contribution in [0.25, 0.3) is 0 Å². The maximum Gasteiger partial charge on any atom is 0.238 e. The SMILES string of the molecule is COc1ccc(C2CCCCCN2CC(=O)Nc2cc3c(cc2Br)OCCO3)cc1. The molecular weight excluding hydrogens is 448 g/mol. The summed E-state index contributed by atoms with van der Waals surface area (Å²) in [5, 5.41) is 3.04. The minimum absolute atomic E-state index is 0.0345. The van der Waals surface area contributed by atoms with Crippen molar-refractivity contribution in [3.05, 3.63) is 46.4 Å². The Morgan fingerprint density at radius 2 is 1.87 bits per heavy atom. The molecule has 2 aromatic rings. The van der Waals surface area contributed by atoms with Crippen molar-refractivity contribution in [1.82, 2.24) is 4.90 Å². The number of methoxy groups -OCH3 is 1. The molecule has 4 rings (SSSR count). The Hall–Kier alpha value is -2.25. The van der Waals surface area contributed by atoms with Crippen molar-refractivity contribution >= 4 is 27.5 Å². The van der Waals surface area contributed by atoms with E-state index >= 15 is 0 Å². The summed E-state index contributed by atoms with van der Waals surface area (Å²) < 4.78 is 17.3. The van der Waals surface area contributed by atoms with Crippen LogP contribution >= 0.6 is 15.9 Å². The number of carbonyl (C=O) groups excluding carboxylic acids is 1. The minimum Gasteiger partial charge on any atom is -0.497 e. The van der Waals surface area contributed by atoms with Crippen molar-refractivity contribution in [2.75, 3.05) is 38.7 Å². The van der Waals surface area contributed by atoms with Crippen molar-refractivity contribution in [1.29, 1.82) is 0 Å². The number of carbonyl (C=O) groups is 1. The summed E-state index contributed by atoms with van der Waals surface area (Å²) in [6.45, 7) is 2.30. The van der Waals surface area contributed by atoms with Crippen molar-refractivity contribution in [3.8, 4) is 17.2 Å². The zero-order valence-electron chi connectivity index (χ0n) is 17.2. The maximum absolute atomic E-state index is 12.9. The van der Waals surface area contributed by atoms with E-state index in [9.17, 15) is 4.79 Å². The summed E-state index contributed by atoms with van der Waals surface area (Å²) in [6.07, 6.45) is 4.52. The van der Waals surface area contributed by atoms with Gasteiger partial charge in [0.05, 0.1) is 19.3 Å². The molecule has 1 atom stereocenters. The van der Waals surface area contributed by atoms with Gasteiger partial charge in [-0.25, -0.2) is 0 Å². The van der Waals surface area contributed by atoms with Crippen molar-refractivity contribution in [2.24, 2.45) is 0 Å². The van der Waals surface area contributed by atoms with Gasteiger partial charge in [-0.1, -0.05) is 25.0 Å². The second kappa shape index (κ2) is 9.71. The van der Waals surface area contributed by atoms with Gasteiger partial charge in [-0.2, -0.15) is 0 Å². The Labute approximate surface area is 185 Å². The molecule has 0 aliphatic carbocycles. The van der Waals surface area contributed by atoms with Gasteiger partial charge >= 0.3 is 0 Å². The van der Waals surface area contributed by atoms with Crippen LogP contribution in [0.3, 0.4) is 0 Å². The van der Waals surface area contributed by atoms with E-state index < -0.39 is 0 Å². The first-order chi connectivity index (χ1) is 14.6. The lowest BCUT2D eigenvalue weighted by atomic mass is 10.0. The summed E-state index contributed by atoms with van der Waals surface area (Å²) in [5.74, 6) is 2.16. The highest BCUT2D eigenvalue weighted by Gasteiger charge is 2.25. The van der Waals surface area contributed by atoms with Crippen molar-refractivity contribution in [2.45, 2.75) is 31.7 Å². The quantitative estimate of drug-likeness (QED) is 0.675. The second-order valence-electron chi connectivity index (χ2n) is 7.63. The third kappa shape index (κ3) is 4.90. The average Bonchev–Trinajstić information content (AvgIpc) is 2.99. The molecule has 1 amide bonds. The highest BCUT2D eigenvalue weighted by molar-refractivity contribution is 9.10. The third-order valence-corrected chi connectivity index (χ3v) is 6.27. The molecule has 0 radical (unpaired) electrons. The number of amides is 1. The van der Waals surface area contributed by atoms with Gasteiger partial charge in [0.1, 0.15) is 19.0 Å². The van der Waals surface area contributed by atoms with E-state index in [0.717, 1.165) is 29.6 Å². The second-order valence-corrected chi connectivity index (χ2v) is 8.49. The summed E-state index contributed by atoms with van der Waals surface area (Å²) in [4.78, 5) is 15.2. The molecule has 1 unspecified atom stereocenters. The fourth-order valence-electron chi connectivity index (χ4n) is 4.09. The topological polar surface area (TPSA) is 60.0 Å². The number of hydrogen-bond acceptors (Lipinski definition) is 5. The van der Waals surface area contributed by atoms with Crippen LogP contribution in [-0.2, 0) is 4.79 Å². The van der Waals surface area contributed by atoms with E-state index in [2.05, 4.69) is 38.3 Å². The Kier molecular flexibility index (Phi) is 6.79. The molecule has 160 valence electrons. The van der Waals surface area contributed by atoms with Gasteiger partial charge in [-0.05, 0) is 53.0 Å². The third-order valence-electron chi connectivity index (χ3n) is 5.62. The van der Waals surface area contributed by atoms with Gasteiger partial charge < -0.3 is 19.5 Å². The zero-order valence-corrected chi connectivity index (χ0v) is 18.7. The lowest BCUT2D eigenvalue weighted by Crippen LogP contribution is -2.36. The molecule has 7 heteroatoms. The van der Waals surface area contributed by atoms with Crippen LogP contribution in [0.15, 0.2) is 40.9 Å². The van der Waals surface area contributed by atoms with Crippen LogP contribution in [0.2, 0.25) is 0 Å². The number of halogens is 1. The summed E-state index contributed by atoms with van der Waals surface area (Å²) in [6, 6.07) is 12.1. The predicted octanol–water partition coefficient (Wildman–Crippen LogP) is 4.78. The number of rotatable bonds is 5. The maximum atomic E-state index is 12.9. The van der Waals surface area contributed by atoms with E-state index in [0.29, 0.717) is 36.9 Å². The van der Waals surface area contributed by atoms with E-state index in [1.165, 1.54) is 18.4 Å². The van der Waals surface area contributed by atoms with Crippen molar-refractivity contribution in [3.63, 3.8) is 0 Å². The molecule has 1 fully saturated rings. The number of nitrogens with zero attached hydrogens (tertiary/aromatic N) is 1. The molecule has 0 aromatic heterocycles. The molecule has 0 spiro atoms. The van der Waals surface area contributed by atoms with E-state index in [1.807, 2.05) is 24.3 Å². The van der Waals surface area contributed by atoms with Gasteiger partial charge in [0, 0.05) is 22.6 Å². The first kappa shape index (κ1) is 21.0. The fourth-order valence-corrected chi connectivity index (χ4v) is 4.52. The fraction of sp³-hybridized carbons (Fsp3) is 0.435. The molecule has 2 aliphatic rings. The van der Waals surface area contributed by atoms with E-state index in [1.54, 1.807) is 7.11 Å². The average molecular weight is 475 g/mol. The first-order valence-electron chi connectivity index (χ1n) is 10.4. The molecule has 2 aromatic carbocycles. The van der Waals surface area contributed by atoms with E-state index in [4.69, 9.17) is 14.2 Å². The molecule has 30 heavy (non-hydrogen) atoms. The molecule has 2 heterocycles. The van der Waals surface area contributed by atoms with Crippen LogP contribution in [0, 0.1) is 0 Å². The minimum atomic E-state index is -0.0345. The van der Waals surface area contributed by atoms with Crippen LogP contribution in [0.5, 0.6) is 17.2 Å². The monoisotopic (exact) mass is 474 g/mol.